The molecule has 2 amide bonds. The summed E-state index contributed by atoms with van der Waals surface area (Å²) in [5.74, 6) is 0.914. The average Bonchev–Trinajstić information content (AvgIpc) is 3.19. The number of rotatable bonds is 7. The Kier molecular flexibility index (Phi) is 5.91. The summed E-state index contributed by atoms with van der Waals surface area (Å²) < 4.78 is 16.6. The van der Waals surface area contributed by atoms with Crippen molar-refractivity contribution in [3.63, 3.8) is 0 Å². The van der Waals surface area contributed by atoms with Crippen molar-refractivity contribution in [1.29, 1.82) is 0 Å². The lowest BCUT2D eigenvalue weighted by molar-refractivity contribution is -0.134. The molecule has 8 nitrogen and oxygen atoms in total. The third-order valence-electron chi connectivity index (χ3n) is 5.71. The molecule has 170 valence electrons. The number of hydrogen-bond acceptors (Lipinski definition) is 6. The zero-order valence-corrected chi connectivity index (χ0v) is 18.7. The SMILES string of the molecule is COc1ccc(CNC(=O)C2(C)Cc3c(-c4ccc(C(N)=O)cc4)ccnc3O2)cc1OC. The third kappa shape index (κ3) is 4.32. The Morgan fingerprint density at radius 1 is 1.09 bits per heavy atom. The van der Waals surface area contributed by atoms with Crippen LogP contribution in [-0.4, -0.2) is 36.6 Å². The minimum absolute atomic E-state index is 0.245. The van der Waals surface area contributed by atoms with E-state index in [1.807, 2.05) is 30.3 Å². The van der Waals surface area contributed by atoms with Crippen molar-refractivity contribution in [3.8, 4) is 28.5 Å². The predicted octanol–water partition coefficient (Wildman–Crippen LogP) is 2.87. The van der Waals surface area contributed by atoms with Crippen molar-refractivity contribution >= 4 is 11.8 Å². The van der Waals surface area contributed by atoms with Gasteiger partial charge in [0, 0.05) is 30.3 Å². The first-order valence-electron chi connectivity index (χ1n) is 10.4. The zero-order valence-electron chi connectivity index (χ0n) is 18.7. The first-order chi connectivity index (χ1) is 15.8. The second kappa shape index (κ2) is 8.82. The van der Waals surface area contributed by atoms with E-state index in [1.165, 1.54) is 0 Å². The monoisotopic (exact) mass is 447 g/mol. The number of fused-ring (bicyclic) bond motifs is 1. The lowest BCUT2D eigenvalue weighted by atomic mass is 9.93. The fraction of sp³-hybridized carbons (Fsp3) is 0.240. The molecule has 33 heavy (non-hydrogen) atoms. The number of nitrogens with zero attached hydrogens (tertiary/aromatic N) is 1. The van der Waals surface area contributed by atoms with Gasteiger partial charge in [-0.3, -0.25) is 9.59 Å². The first kappa shape index (κ1) is 22.1. The van der Waals surface area contributed by atoms with E-state index in [0.29, 0.717) is 35.9 Å². The van der Waals surface area contributed by atoms with Crippen LogP contribution in [0.1, 0.15) is 28.4 Å². The molecule has 4 rings (SSSR count). The predicted molar refractivity (Wildman–Crippen MR) is 122 cm³/mol. The second-order valence-electron chi connectivity index (χ2n) is 7.97. The number of hydrogen-bond donors (Lipinski definition) is 2. The Morgan fingerprint density at radius 2 is 1.82 bits per heavy atom. The van der Waals surface area contributed by atoms with Gasteiger partial charge in [0.1, 0.15) is 0 Å². The molecule has 0 spiro atoms. The van der Waals surface area contributed by atoms with Gasteiger partial charge in [0.25, 0.3) is 5.91 Å². The van der Waals surface area contributed by atoms with Crippen molar-refractivity contribution in [2.24, 2.45) is 5.73 Å². The molecule has 3 aromatic rings. The van der Waals surface area contributed by atoms with Crippen molar-refractivity contribution in [1.82, 2.24) is 10.3 Å². The molecule has 0 bridgehead atoms. The number of aromatic nitrogens is 1. The minimum Gasteiger partial charge on any atom is -0.493 e. The van der Waals surface area contributed by atoms with Crippen LogP contribution in [0.25, 0.3) is 11.1 Å². The molecular weight excluding hydrogens is 422 g/mol. The Balaban J connectivity index is 1.51. The van der Waals surface area contributed by atoms with Gasteiger partial charge >= 0.3 is 0 Å². The number of methoxy groups -OCH3 is 2. The van der Waals surface area contributed by atoms with Gasteiger partial charge < -0.3 is 25.3 Å². The van der Waals surface area contributed by atoms with Crippen LogP contribution < -0.4 is 25.3 Å². The summed E-state index contributed by atoms with van der Waals surface area (Å²) in [6, 6.07) is 14.3. The summed E-state index contributed by atoms with van der Waals surface area (Å²) in [6.07, 6.45) is 2.00. The van der Waals surface area contributed by atoms with Crippen molar-refractivity contribution in [2.75, 3.05) is 14.2 Å². The van der Waals surface area contributed by atoms with E-state index in [1.54, 1.807) is 45.5 Å². The highest BCUT2D eigenvalue weighted by atomic mass is 16.5. The largest absolute Gasteiger partial charge is 0.493 e. The quantitative estimate of drug-likeness (QED) is 0.576. The van der Waals surface area contributed by atoms with E-state index in [9.17, 15) is 9.59 Å². The summed E-state index contributed by atoms with van der Waals surface area (Å²) in [4.78, 5) is 28.8. The Labute approximate surface area is 191 Å². The molecule has 2 aromatic carbocycles. The Bertz CT molecular complexity index is 1210. The number of ether oxygens (including phenoxy) is 3. The number of primary amides is 1. The van der Waals surface area contributed by atoms with Gasteiger partial charge in [-0.05, 0) is 53.9 Å². The van der Waals surface area contributed by atoms with Crippen LogP contribution in [0.2, 0.25) is 0 Å². The van der Waals surface area contributed by atoms with E-state index in [0.717, 1.165) is 22.3 Å². The van der Waals surface area contributed by atoms with Gasteiger partial charge in [0.05, 0.1) is 14.2 Å². The molecule has 1 aliphatic heterocycles. The molecule has 1 unspecified atom stereocenters. The van der Waals surface area contributed by atoms with Crippen LogP contribution in [0.15, 0.2) is 54.7 Å². The van der Waals surface area contributed by atoms with Gasteiger partial charge in [-0.2, -0.15) is 0 Å². The van der Waals surface area contributed by atoms with Gasteiger partial charge in [-0.1, -0.05) is 18.2 Å². The standard InChI is InChI=1S/C25H25N3O5/c1-25(24(30)28-14-15-4-9-20(31-2)21(12-15)32-3)13-19-18(10-11-27-23(19)33-25)16-5-7-17(8-6-16)22(26)29/h4-12H,13-14H2,1-3H3,(H2,26,29)(H,28,30). The Morgan fingerprint density at radius 3 is 2.48 bits per heavy atom. The maximum absolute atomic E-state index is 13.1. The van der Waals surface area contributed by atoms with Gasteiger partial charge in [0.15, 0.2) is 17.1 Å². The second-order valence-corrected chi connectivity index (χ2v) is 7.97. The number of nitrogens with two attached hydrogens (primary N) is 1. The van der Waals surface area contributed by atoms with Gasteiger partial charge in [0.2, 0.25) is 11.8 Å². The number of pyridine rings is 1. The molecule has 1 aliphatic rings. The topological polar surface area (TPSA) is 113 Å². The van der Waals surface area contributed by atoms with Crippen LogP contribution in [0.3, 0.4) is 0 Å². The van der Waals surface area contributed by atoms with E-state index in [2.05, 4.69) is 10.3 Å². The van der Waals surface area contributed by atoms with Crippen molar-refractivity contribution in [3.05, 3.63) is 71.4 Å². The molecule has 0 saturated heterocycles. The molecule has 0 aliphatic carbocycles. The summed E-state index contributed by atoms with van der Waals surface area (Å²) in [6.45, 7) is 2.06. The van der Waals surface area contributed by atoms with Crippen LogP contribution in [0.5, 0.6) is 17.4 Å². The number of carbonyl (C=O) groups excluding carboxylic acids is 2. The number of nitrogens with one attached hydrogen (secondary N) is 1. The minimum atomic E-state index is -1.10. The fourth-order valence-corrected chi connectivity index (χ4v) is 3.89. The molecule has 0 fully saturated rings. The lowest BCUT2D eigenvalue weighted by Crippen LogP contribution is -2.47. The average molecular weight is 447 g/mol. The normalized spacial score (nSPS) is 16.5. The molecule has 1 atom stereocenters. The van der Waals surface area contributed by atoms with Crippen LogP contribution >= 0.6 is 0 Å². The van der Waals surface area contributed by atoms with E-state index >= 15 is 0 Å². The van der Waals surface area contributed by atoms with Crippen LogP contribution in [-0.2, 0) is 17.8 Å². The van der Waals surface area contributed by atoms with E-state index < -0.39 is 11.5 Å². The number of benzene rings is 2. The van der Waals surface area contributed by atoms with Gasteiger partial charge in [-0.25, -0.2) is 4.98 Å². The highest BCUT2D eigenvalue weighted by Crippen LogP contribution is 2.39. The zero-order chi connectivity index (χ0) is 23.6. The summed E-state index contributed by atoms with van der Waals surface area (Å²) >= 11 is 0. The molecule has 3 N–H and O–H groups in total. The van der Waals surface area contributed by atoms with E-state index in [4.69, 9.17) is 19.9 Å². The fourth-order valence-electron chi connectivity index (χ4n) is 3.89. The third-order valence-corrected chi connectivity index (χ3v) is 5.71. The lowest BCUT2D eigenvalue weighted by Gasteiger charge is -2.22. The van der Waals surface area contributed by atoms with Crippen molar-refractivity contribution < 1.29 is 23.8 Å². The summed E-state index contributed by atoms with van der Waals surface area (Å²) in [5.41, 5.74) is 8.16. The Hall–Kier alpha value is -4.07. The molecular formula is C25H25N3O5. The number of carbonyl (C=O) groups is 2. The molecule has 0 saturated carbocycles. The van der Waals surface area contributed by atoms with E-state index in [-0.39, 0.29) is 5.91 Å². The molecule has 0 radical (unpaired) electrons. The summed E-state index contributed by atoms with van der Waals surface area (Å²) in [7, 11) is 3.14. The highest BCUT2D eigenvalue weighted by molar-refractivity contribution is 5.93. The molecule has 1 aromatic heterocycles. The molecule has 8 heteroatoms. The maximum Gasteiger partial charge on any atom is 0.264 e. The smallest absolute Gasteiger partial charge is 0.264 e. The van der Waals surface area contributed by atoms with Crippen LogP contribution in [0.4, 0.5) is 0 Å². The van der Waals surface area contributed by atoms with Crippen molar-refractivity contribution in [2.45, 2.75) is 25.5 Å². The summed E-state index contributed by atoms with van der Waals surface area (Å²) in [5, 5.41) is 2.94. The maximum atomic E-state index is 13.1. The highest BCUT2D eigenvalue weighted by Gasteiger charge is 2.43. The number of amides is 2. The molecule has 2 heterocycles. The van der Waals surface area contributed by atoms with Gasteiger partial charge in [-0.15, -0.1) is 0 Å². The first-order valence-corrected chi connectivity index (χ1v) is 10.4. The van der Waals surface area contributed by atoms with Crippen LogP contribution in [0, 0.1) is 0 Å².